The number of hydrogen-bond donors (Lipinski definition) is 1. The maximum absolute atomic E-state index is 10.6. The molecule has 0 spiro atoms. The highest BCUT2D eigenvalue weighted by molar-refractivity contribution is 7.47. The molecule has 4 nitrogen and oxygen atoms in total. The van der Waals surface area contributed by atoms with E-state index in [1.807, 2.05) is 13.8 Å². The zero-order chi connectivity index (χ0) is 8.20. The molecule has 0 amide bonds. The van der Waals surface area contributed by atoms with Crippen LogP contribution in [0.3, 0.4) is 0 Å². The van der Waals surface area contributed by atoms with Crippen molar-refractivity contribution in [1.82, 2.24) is 0 Å². The summed E-state index contributed by atoms with van der Waals surface area (Å²) in [4.78, 5) is 8.68. The van der Waals surface area contributed by atoms with Gasteiger partial charge >= 0.3 is 7.82 Å². The molecular formula is C5H13O4P. The van der Waals surface area contributed by atoms with Crippen molar-refractivity contribution in [3.63, 3.8) is 0 Å². The summed E-state index contributed by atoms with van der Waals surface area (Å²) >= 11 is 0. The standard InChI is InChI=1S/C5H13O4P/c1-5(2)4-9-10(6,7)8-3/h5H,4H2,1-3H3,(H,6,7). The van der Waals surface area contributed by atoms with Crippen molar-refractivity contribution in [2.75, 3.05) is 13.7 Å². The number of phosphoric ester groups is 1. The second-order valence-corrected chi connectivity index (χ2v) is 3.90. The van der Waals surface area contributed by atoms with Crippen molar-refractivity contribution < 1.29 is 18.5 Å². The summed E-state index contributed by atoms with van der Waals surface area (Å²) in [6, 6.07) is 0. The highest BCUT2D eigenvalue weighted by Gasteiger charge is 2.18. The van der Waals surface area contributed by atoms with Crippen LogP contribution < -0.4 is 0 Å². The van der Waals surface area contributed by atoms with Crippen LogP contribution >= 0.6 is 7.82 Å². The highest BCUT2D eigenvalue weighted by Crippen LogP contribution is 2.42. The van der Waals surface area contributed by atoms with Crippen LogP contribution in [0.5, 0.6) is 0 Å². The number of hydrogen-bond acceptors (Lipinski definition) is 3. The molecule has 1 unspecified atom stereocenters. The maximum atomic E-state index is 10.6. The van der Waals surface area contributed by atoms with Gasteiger partial charge in [0, 0.05) is 7.11 Å². The Hall–Kier alpha value is 0.110. The van der Waals surface area contributed by atoms with E-state index in [0.717, 1.165) is 7.11 Å². The average Bonchev–Trinajstić information content (AvgIpc) is 1.85. The molecule has 1 atom stereocenters. The fourth-order valence-electron chi connectivity index (χ4n) is 0.296. The molecule has 1 N–H and O–H groups in total. The quantitative estimate of drug-likeness (QED) is 0.644. The molecule has 0 aliphatic carbocycles. The number of phosphoric acid groups is 1. The molecule has 0 rings (SSSR count). The van der Waals surface area contributed by atoms with E-state index in [1.165, 1.54) is 0 Å². The van der Waals surface area contributed by atoms with Crippen LogP contribution in [0, 0.1) is 5.92 Å². The van der Waals surface area contributed by atoms with Gasteiger partial charge in [0.05, 0.1) is 6.61 Å². The van der Waals surface area contributed by atoms with Gasteiger partial charge in [0.1, 0.15) is 0 Å². The van der Waals surface area contributed by atoms with Gasteiger partial charge in [0.15, 0.2) is 0 Å². The van der Waals surface area contributed by atoms with E-state index < -0.39 is 7.82 Å². The van der Waals surface area contributed by atoms with Crippen molar-refractivity contribution in [1.29, 1.82) is 0 Å². The number of rotatable bonds is 4. The van der Waals surface area contributed by atoms with Gasteiger partial charge in [0.25, 0.3) is 0 Å². The average molecular weight is 168 g/mol. The van der Waals surface area contributed by atoms with Crippen molar-refractivity contribution in [3.8, 4) is 0 Å². The Labute approximate surface area is 60.8 Å². The Morgan fingerprint density at radius 3 is 2.40 bits per heavy atom. The summed E-state index contributed by atoms with van der Waals surface area (Å²) < 4.78 is 19.3. The van der Waals surface area contributed by atoms with E-state index in [9.17, 15) is 4.57 Å². The molecule has 0 saturated heterocycles. The summed E-state index contributed by atoms with van der Waals surface area (Å²) in [7, 11) is -2.59. The summed E-state index contributed by atoms with van der Waals surface area (Å²) in [6.45, 7) is 4.01. The van der Waals surface area contributed by atoms with Gasteiger partial charge in [-0.2, -0.15) is 0 Å². The first-order valence-electron chi connectivity index (χ1n) is 3.01. The Bertz CT molecular complexity index is 134. The first-order chi connectivity index (χ1) is 4.48. The van der Waals surface area contributed by atoms with E-state index in [2.05, 4.69) is 9.05 Å². The van der Waals surface area contributed by atoms with Crippen LogP contribution in [0.2, 0.25) is 0 Å². The largest absolute Gasteiger partial charge is 0.471 e. The molecule has 0 heterocycles. The van der Waals surface area contributed by atoms with Crippen LogP contribution in [0.15, 0.2) is 0 Å². The van der Waals surface area contributed by atoms with E-state index in [0.29, 0.717) is 0 Å². The van der Waals surface area contributed by atoms with E-state index in [4.69, 9.17) is 4.89 Å². The third kappa shape index (κ3) is 4.94. The van der Waals surface area contributed by atoms with Gasteiger partial charge in [-0.25, -0.2) is 4.57 Å². The molecule has 0 saturated carbocycles. The van der Waals surface area contributed by atoms with Crippen molar-refractivity contribution in [2.45, 2.75) is 13.8 Å². The van der Waals surface area contributed by atoms with Crippen LogP contribution in [0.25, 0.3) is 0 Å². The Balaban J connectivity index is 3.58. The predicted octanol–water partition coefficient (Wildman–Crippen LogP) is 1.41. The summed E-state index contributed by atoms with van der Waals surface area (Å²) in [5, 5.41) is 0. The highest BCUT2D eigenvalue weighted by atomic mass is 31.2. The molecule has 0 aromatic heterocycles. The summed E-state index contributed by atoms with van der Waals surface area (Å²) in [5.74, 6) is 0.232. The second-order valence-electron chi connectivity index (χ2n) is 2.34. The normalized spacial score (nSPS) is 17.3. The lowest BCUT2D eigenvalue weighted by Gasteiger charge is -2.10. The van der Waals surface area contributed by atoms with Crippen molar-refractivity contribution in [2.24, 2.45) is 5.92 Å². The van der Waals surface area contributed by atoms with E-state index in [-0.39, 0.29) is 12.5 Å². The molecule has 0 aromatic carbocycles. The molecular weight excluding hydrogens is 155 g/mol. The third-order valence-electron chi connectivity index (χ3n) is 0.802. The van der Waals surface area contributed by atoms with Gasteiger partial charge < -0.3 is 4.89 Å². The van der Waals surface area contributed by atoms with Crippen LogP contribution in [-0.2, 0) is 13.6 Å². The SMILES string of the molecule is COP(=O)(O)OCC(C)C. The monoisotopic (exact) mass is 168 g/mol. The van der Waals surface area contributed by atoms with Gasteiger partial charge in [-0.3, -0.25) is 9.05 Å². The van der Waals surface area contributed by atoms with Crippen LogP contribution in [0.1, 0.15) is 13.8 Å². The molecule has 0 aliphatic rings. The lowest BCUT2D eigenvalue weighted by Crippen LogP contribution is -2.00. The van der Waals surface area contributed by atoms with Crippen molar-refractivity contribution >= 4 is 7.82 Å². The van der Waals surface area contributed by atoms with Crippen LogP contribution in [-0.4, -0.2) is 18.6 Å². The lowest BCUT2D eigenvalue weighted by atomic mass is 10.2. The Kier molecular flexibility index (Phi) is 4.13. The molecule has 0 bridgehead atoms. The molecule has 10 heavy (non-hydrogen) atoms. The Morgan fingerprint density at radius 2 is 2.10 bits per heavy atom. The molecule has 0 radical (unpaired) electrons. The Morgan fingerprint density at radius 1 is 1.60 bits per heavy atom. The molecule has 0 aliphatic heterocycles. The van der Waals surface area contributed by atoms with E-state index >= 15 is 0 Å². The fraction of sp³-hybridized carbons (Fsp3) is 1.00. The minimum absolute atomic E-state index is 0.232. The van der Waals surface area contributed by atoms with Gasteiger partial charge in [0.2, 0.25) is 0 Å². The molecule has 5 heteroatoms. The first kappa shape index (κ1) is 10.1. The zero-order valence-corrected chi connectivity index (χ0v) is 7.30. The predicted molar refractivity (Wildman–Crippen MR) is 37.6 cm³/mol. The molecule has 62 valence electrons. The second kappa shape index (κ2) is 4.09. The van der Waals surface area contributed by atoms with Gasteiger partial charge in [-0.05, 0) is 5.92 Å². The minimum atomic E-state index is -3.73. The lowest BCUT2D eigenvalue weighted by molar-refractivity contribution is 0.157. The van der Waals surface area contributed by atoms with Crippen LogP contribution in [0.4, 0.5) is 0 Å². The zero-order valence-electron chi connectivity index (χ0n) is 6.40. The van der Waals surface area contributed by atoms with Gasteiger partial charge in [-0.15, -0.1) is 0 Å². The van der Waals surface area contributed by atoms with E-state index in [1.54, 1.807) is 0 Å². The third-order valence-corrected chi connectivity index (χ3v) is 1.74. The van der Waals surface area contributed by atoms with Gasteiger partial charge in [-0.1, -0.05) is 13.8 Å². The smallest absolute Gasteiger partial charge is 0.303 e. The topological polar surface area (TPSA) is 55.8 Å². The van der Waals surface area contributed by atoms with Crippen molar-refractivity contribution in [3.05, 3.63) is 0 Å². The summed E-state index contributed by atoms with van der Waals surface area (Å²) in [6.07, 6.45) is 0. The molecule has 0 fully saturated rings. The maximum Gasteiger partial charge on any atom is 0.471 e. The molecule has 0 aromatic rings. The summed E-state index contributed by atoms with van der Waals surface area (Å²) in [5.41, 5.74) is 0. The minimum Gasteiger partial charge on any atom is -0.303 e. The first-order valence-corrected chi connectivity index (χ1v) is 4.50. The fourth-order valence-corrected chi connectivity index (χ4v) is 0.888.